The molecule has 0 radical (unpaired) electrons. The molecule has 5 heteroatoms. The first-order valence-corrected chi connectivity index (χ1v) is 5.38. The van der Waals surface area contributed by atoms with Crippen LogP contribution in [0.2, 0.25) is 0 Å². The van der Waals surface area contributed by atoms with E-state index in [0.29, 0.717) is 6.54 Å². The van der Waals surface area contributed by atoms with Gasteiger partial charge in [0, 0.05) is 44.8 Å². The second-order valence-corrected chi connectivity index (χ2v) is 3.82. The van der Waals surface area contributed by atoms with Gasteiger partial charge in [-0.2, -0.15) is 0 Å². The van der Waals surface area contributed by atoms with Crippen LogP contribution in [0, 0.1) is 0 Å². The molecule has 2 heterocycles. The molecule has 2 rings (SSSR count). The Morgan fingerprint density at radius 3 is 2.76 bits per heavy atom. The number of nitrogens with one attached hydrogen (secondary N) is 1. The molecule has 17 heavy (non-hydrogen) atoms. The Labute approximate surface area is 101 Å². The van der Waals surface area contributed by atoms with E-state index in [-0.39, 0.29) is 0 Å². The number of nitrogens with zero attached hydrogens (tertiary/aromatic N) is 4. The van der Waals surface area contributed by atoms with E-state index in [1.165, 1.54) is 0 Å². The van der Waals surface area contributed by atoms with E-state index in [4.69, 9.17) is 0 Å². The van der Waals surface area contributed by atoms with Crippen LogP contribution in [-0.4, -0.2) is 29.0 Å². The van der Waals surface area contributed by atoms with Crippen LogP contribution in [0.25, 0.3) is 0 Å². The molecule has 0 saturated carbocycles. The lowest BCUT2D eigenvalue weighted by atomic mass is 10.2. The maximum atomic E-state index is 4.34. The van der Waals surface area contributed by atoms with Gasteiger partial charge < -0.3 is 10.2 Å². The third-order valence-corrected chi connectivity index (χ3v) is 2.31. The van der Waals surface area contributed by atoms with Crippen LogP contribution in [0.1, 0.15) is 5.56 Å². The molecule has 2 aromatic heterocycles. The smallest absolute Gasteiger partial charge is 0.144 e. The second-order valence-electron chi connectivity index (χ2n) is 3.82. The molecule has 1 N–H and O–H groups in total. The van der Waals surface area contributed by atoms with Crippen LogP contribution in [0.4, 0.5) is 11.6 Å². The molecule has 0 bridgehead atoms. The van der Waals surface area contributed by atoms with Gasteiger partial charge >= 0.3 is 0 Å². The Bertz CT molecular complexity index is 469. The molecule has 0 unspecified atom stereocenters. The van der Waals surface area contributed by atoms with Crippen LogP contribution in [-0.2, 0) is 6.54 Å². The molecule has 0 aromatic carbocycles. The third-order valence-electron chi connectivity index (χ3n) is 2.31. The van der Waals surface area contributed by atoms with Gasteiger partial charge in [-0.05, 0) is 6.07 Å². The average Bonchev–Trinajstić information content (AvgIpc) is 2.38. The van der Waals surface area contributed by atoms with Gasteiger partial charge in [0.2, 0.25) is 0 Å². The van der Waals surface area contributed by atoms with Gasteiger partial charge in [-0.1, -0.05) is 6.07 Å². The largest absolute Gasteiger partial charge is 0.365 e. The molecule has 0 aliphatic heterocycles. The monoisotopic (exact) mass is 229 g/mol. The lowest BCUT2D eigenvalue weighted by Gasteiger charge is -2.16. The summed E-state index contributed by atoms with van der Waals surface area (Å²) in [7, 11) is 3.96. The van der Waals surface area contributed by atoms with Crippen molar-refractivity contribution in [3.63, 3.8) is 0 Å². The number of hydrogen-bond acceptors (Lipinski definition) is 5. The zero-order valence-corrected chi connectivity index (χ0v) is 9.96. The third kappa shape index (κ3) is 2.90. The normalized spacial score (nSPS) is 10.0. The number of aromatic nitrogens is 3. The number of pyridine rings is 1. The van der Waals surface area contributed by atoms with Crippen molar-refractivity contribution >= 4 is 11.6 Å². The lowest BCUT2D eigenvalue weighted by molar-refractivity contribution is 1.00. The van der Waals surface area contributed by atoms with E-state index in [2.05, 4.69) is 20.3 Å². The van der Waals surface area contributed by atoms with Crippen molar-refractivity contribution in [3.8, 4) is 0 Å². The van der Waals surface area contributed by atoms with Crippen molar-refractivity contribution < 1.29 is 0 Å². The molecular weight excluding hydrogens is 214 g/mol. The summed E-state index contributed by atoms with van der Waals surface area (Å²) in [5.74, 6) is 1.73. The number of rotatable bonds is 4. The first-order chi connectivity index (χ1) is 8.27. The summed E-state index contributed by atoms with van der Waals surface area (Å²) in [6.45, 7) is 0.681. The molecule has 88 valence electrons. The van der Waals surface area contributed by atoms with E-state index in [0.717, 1.165) is 17.2 Å². The quantitative estimate of drug-likeness (QED) is 0.862. The highest BCUT2D eigenvalue weighted by Crippen LogP contribution is 2.15. The van der Waals surface area contributed by atoms with Crippen LogP contribution >= 0.6 is 0 Å². The van der Waals surface area contributed by atoms with Gasteiger partial charge in [-0.25, -0.2) is 9.97 Å². The van der Waals surface area contributed by atoms with E-state index in [1.54, 1.807) is 24.8 Å². The maximum absolute atomic E-state index is 4.34. The predicted molar refractivity (Wildman–Crippen MR) is 67.9 cm³/mol. The van der Waals surface area contributed by atoms with E-state index in [9.17, 15) is 0 Å². The fourth-order valence-corrected chi connectivity index (χ4v) is 1.55. The van der Waals surface area contributed by atoms with E-state index in [1.807, 2.05) is 31.1 Å². The van der Waals surface area contributed by atoms with Crippen LogP contribution < -0.4 is 10.2 Å². The molecule has 0 amide bonds. The topological polar surface area (TPSA) is 53.9 Å². The first kappa shape index (κ1) is 11.3. The molecule has 0 atom stereocenters. The number of anilines is 2. The van der Waals surface area contributed by atoms with Gasteiger partial charge in [0.05, 0.1) is 6.20 Å². The molecule has 5 nitrogen and oxygen atoms in total. The Balaban J connectivity index is 2.09. The van der Waals surface area contributed by atoms with Gasteiger partial charge in [-0.15, -0.1) is 0 Å². The van der Waals surface area contributed by atoms with Crippen molar-refractivity contribution in [1.29, 1.82) is 0 Å². The summed E-state index contributed by atoms with van der Waals surface area (Å²) in [6.07, 6.45) is 6.81. The fraction of sp³-hybridized carbons (Fsp3) is 0.250. The lowest BCUT2D eigenvalue weighted by Crippen LogP contribution is -2.14. The maximum Gasteiger partial charge on any atom is 0.144 e. The summed E-state index contributed by atoms with van der Waals surface area (Å²) >= 11 is 0. The van der Waals surface area contributed by atoms with E-state index >= 15 is 0 Å². The molecule has 0 aliphatic rings. The standard InChI is InChI=1S/C12H15N5/c1-17(2)12-10(4-3-5-15-12)8-16-11-9-13-6-7-14-11/h3-7,9H,8H2,1-2H3,(H,14,16). The Morgan fingerprint density at radius 1 is 1.18 bits per heavy atom. The summed E-state index contributed by atoms with van der Waals surface area (Å²) in [4.78, 5) is 14.5. The van der Waals surface area contributed by atoms with Gasteiger partial charge in [0.25, 0.3) is 0 Å². The Kier molecular flexibility index (Phi) is 3.49. The first-order valence-electron chi connectivity index (χ1n) is 5.38. The highest BCUT2D eigenvalue weighted by Gasteiger charge is 2.04. The van der Waals surface area contributed by atoms with Crippen molar-refractivity contribution in [3.05, 3.63) is 42.5 Å². The summed E-state index contributed by atoms with van der Waals surface area (Å²) in [5.41, 5.74) is 1.13. The zero-order valence-electron chi connectivity index (χ0n) is 9.96. The fourth-order valence-electron chi connectivity index (χ4n) is 1.55. The van der Waals surface area contributed by atoms with Crippen molar-refractivity contribution in [1.82, 2.24) is 15.0 Å². The van der Waals surface area contributed by atoms with Gasteiger partial charge in [-0.3, -0.25) is 4.98 Å². The van der Waals surface area contributed by atoms with E-state index < -0.39 is 0 Å². The minimum atomic E-state index is 0.681. The molecule has 0 saturated heterocycles. The minimum absolute atomic E-state index is 0.681. The summed E-state index contributed by atoms with van der Waals surface area (Å²) in [5, 5.41) is 3.22. The summed E-state index contributed by atoms with van der Waals surface area (Å²) < 4.78 is 0. The minimum Gasteiger partial charge on any atom is -0.365 e. The molecule has 2 aromatic rings. The Hall–Kier alpha value is -2.17. The van der Waals surface area contributed by atoms with Crippen LogP contribution in [0.5, 0.6) is 0 Å². The second kappa shape index (κ2) is 5.25. The van der Waals surface area contributed by atoms with Crippen molar-refractivity contribution in [2.45, 2.75) is 6.54 Å². The molecular formula is C12H15N5. The Morgan fingerprint density at radius 2 is 2.06 bits per heavy atom. The highest BCUT2D eigenvalue weighted by molar-refractivity contribution is 5.47. The molecule has 0 spiro atoms. The van der Waals surface area contributed by atoms with Crippen LogP contribution in [0.15, 0.2) is 36.9 Å². The highest BCUT2D eigenvalue weighted by atomic mass is 15.1. The number of hydrogen-bond donors (Lipinski definition) is 1. The van der Waals surface area contributed by atoms with Crippen molar-refractivity contribution in [2.24, 2.45) is 0 Å². The SMILES string of the molecule is CN(C)c1ncccc1CNc1cnccn1. The summed E-state index contributed by atoms with van der Waals surface area (Å²) in [6, 6.07) is 3.98. The van der Waals surface area contributed by atoms with Gasteiger partial charge in [0.1, 0.15) is 11.6 Å². The molecule has 0 aliphatic carbocycles. The molecule has 0 fully saturated rings. The van der Waals surface area contributed by atoms with Crippen LogP contribution in [0.3, 0.4) is 0 Å². The van der Waals surface area contributed by atoms with Crippen molar-refractivity contribution in [2.75, 3.05) is 24.3 Å². The predicted octanol–water partition coefficient (Wildman–Crippen LogP) is 1.55. The van der Waals surface area contributed by atoms with Gasteiger partial charge in [0.15, 0.2) is 0 Å². The zero-order chi connectivity index (χ0) is 12.1. The average molecular weight is 229 g/mol.